The van der Waals surface area contributed by atoms with Crippen LogP contribution in [-0.4, -0.2) is 22.8 Å². The van der Waals surface area contributed by atoms with E-state index in [1.807, 2.05) is 0 Å². The van der Waals surface area contributed by atoms with E-state index < -0.39 is 5.97 Å². The molecule has 29 heavy (non-hydrogen) atoms. The fourth-order valence-electron chi connectivity index (χ4n) is 3.26. The Kier molecular flexibility index (Phi) is 28.4. The van der Waals surface area contributed by atoms with Crippen LogP contribution < -0.4 is 0 Å². The second-order valence-corrected chi connectivity index (χ2v) is 8.33. The maximum absolute atomic E-state index is 10.3. The van der Waals surface area contributed by atoms with E-state index in [0.717, 1.165) is 19.3 Å². The van der Waals surface area contributed by atoms with E-state index in [4.69, 9.17) is 10.2 Å². The van der Waals surface area contributed by atoms with Crippen molar-refractivity contribution in [3.8, 4) is 0 Å². The van der Waals surface area contributed by atoms with Gasteiger partial charge in [0.15, 0.2) is 0 Å². The number of aliphatic hydroxyl groups excluding tert-OH is 1. The Morgan fingerprint density at radius 2 is 1.21 bits per heavy atom. The molecule has 174 valence electrons. The Labute approximate surface area is 182 Å². The van der Waals surface area contributed by atoms with Gasteiger partial charge in [0.1, 0.15) is 0 Å². The summed E-state index contributed by atoms with van der Waals surface area (Å²) in [5, 5.41) is 17.3. The van der Waals surface area contributed by atoms with Gasteiger partial charge in [-0.05, 0) is 44.4 Å². The highest BCUT2D eigenvalue weighted by atomic mass is 16.4. The van der Waals surface area contributed by atoms with E-state index in [-0.39, 0.29) is 0 Å². The average molecular weight is 413 g/mol. The number of aliphatic carboxylic acids is 1. The Morgan fingerprint density at radius 1 is 0.724 bits per heavy atom. The lowest BCUT2D eigenvalue weighted by Gasteiger charge is -2.08. The van der Waals surface area contributed by atoms with Crippen molar-refractivity contribution in [3.63, 3.8) is 0 Å². The molecule has 0 amide bonds. The van der Waals surface area contributed by atoms with Crippen molar-refractivity contribution in [2.75, 3.05) is 6.61 Å². The van der Waals surface area contributed by atoms with Gasteiger partial charge in [-0.1, -0.05) is 104 Å². The molecule has 0 fully saturated rings. The molecule has 0 heterocycles. The molecule has 0 saturated carbocycles. The molecule has 0 radical (unpaired) electrons. The standard InChI is InChI=1S/C18H34O2.C8H18O/c1-2-3-4-5-6-7-8-9-10-11-12-13-14-15-16-17-18(19)20;1-3-5-6-8(4-2)7-9/h9-10H,2-8,11-17H2,1H3,(H,19,20);8-9H,3-7H2,1-2H3/b10-9-;. The highest BCUT2D eigenvalue weighted by molar-refractivity contribution is 5.66. The molecule has 0 aromatic carbocycles. The van der Waals surface area contributed by atoms with E-state index in [2.05, 4.69) is 32.9 Å². The van der Waals surface area contributed by atoms with Crippen LogP contribution in [0.15, 0.2) is 12.2 Å². The predicted octanol–water partition coefficient (Wildman–Crippen LogP) is 8.30. The third kappa shape index (κ3) is 29.5. The lowest BCUT2D eigenvalue weighted by atomic mass is 10.0. The van der Waals surface area contributed by atoms with Crippen LogP contribution in [0.1, 0.15) is 136 Å². The minimum Gasteiger partial charge on any atom is -0.481 e. The highest BCUT2D eigenvalue weighted by Crippen LogP contribution is 2.11. The van der Waals surface area contributed by atoms with Gasteiger partial charge in [-0.2, -0.15) is 0 Å². The zero-order valence-electron chi connectivity index (χ0n) is 20.0. The van der Waals surface area contributed by atoms with Crippen LogP contribution in [0, 0.1) is 5.92 Å². The van der Waals surface area contributed by atoms with Gasteiger partial charge in [-0.3, -0.25) is 4.79 Å². The smallest absolute Gasteiger partial charge is 0.303 e. The maximum Gasteiger partial charge on any atom is 0.303 e. The molecule has 3 heteroatoms. The normalized spacial score (nSPS) is 12.0. The number of rotatable bonds is 20. The quantitative estimate of drug-likeness (QED) is 0.156. The molecule has 0 saturated heterocycles. The summed E-state index contributed by atoms with van der Waals surface area (Å²) >= 11 is 0. The van der Waals surface area contributed by atoms with Crippen molar-refractivity contribution in [3.05, 3.63) is 12.2 Å². The number of hydrogen-bond donors (Lipinski definition) is 2. The van der Waals surface area contributed by atoms with Gasteiger partial charge in [0, 0.05) is 13.0 Å². The lowest BCUT2D eigenvalue weighted by molar-refractivity contribution is -0.137. The first-order valence-corrected chi connectivity index (χ1v) is 12.6. The van der Waals surface area contributed by atoms with Gasteiger partial charge in [0.2, 0.25) is 0 Å². The summed E-state index contributed by atoms with van der Waals surface area (Å²) in [6.45, 7) is 6.95. The van der Waals surface area contributed by atoms with Gasteiger partial charge in [0.05, 0.1) is 0 Å². The molecule has 0 spiro atoms. The lowest BCUT2D eigenvalue weighted by Crippen LogP contribution is -2.03. The number of carboxylic acid groups (broad SMARTS) is 1. The Balaban J connectivity index is 0. The molecule has 0 aromatic heterocycles. The summed E-state index contributed by atoms with van der Waals surface area (Å²) in [6.07, 6.45) is 26.1. The summed E-state index contributed by atoms with van der Waals surface area (Å²) in [7, 11) is 0. The zero-order valence-corrected chi connectivity index (χ0v) is 20.0. The molecule has 0 aromatic rings. The van der Waals surface area contributed by atoms with Crippen LogP contribution >= 0.6 is 0 Å². The number of hydrogen-bond acceptors (Lipinski definition) is 2. The molecule has 0 aliphatic carbocycles. The number of unbranched alkanes of at least 4 members (excludes halogenated alkanes) is 12. The topological polar surface area (TPSA) is 57.5 Å². The van der Waals surface area contributed by atoms with Crippen LogP contribution in [0.25, 0.3) is 0 Å². The molecule has 0 aliphatic rings. The fraction of sp³-hybridized carbons (Fsp3) is 0.885. The molecule has 0 aliphatic heterocycles. The second kappa shape index (κ2) is 27.2. The molecule has 2 N–H and O–H groups in total. The van der Waals surface area contributed by atoms with Gasteiger partial charge in [-0.15, -0.1) is 0 Å². The summed E-state index contributed by atoms with van der Waals surface area (Å²) < 4.78 is 0. The number of carboxylic acids is 1. The summed E-state index contributed by atoms with van der Waals surface area (Å²) in [4.78, 5) is 10.3. The first-order chi connectivity index (χ1) is 14.1. The molecule has 0 rings (SSSR count). The van der Waals surface area contributed by atoms with Gasteiger partial charge in [0.25, 0.3) is 0 Å². The largest absolute Gasteiger partial charge is 0.481 e. The van der Waals surface area contributed by atoms with Crippen molar-refractivity contribution in [1.82, 2.24) is 0 Å². The van der Waals surface area contributed by atoms with Crippen LogP contribution in [0.2, 0.25) is 0 Å². The second-order valence-electron chi connectivity index (χ2n) is 8.33. The van der Waals surface area contributed by atoms with Crippen LogP contribution in [0.4, 0.5) is 0 Å². The fourth-order valence-corrected chi connectivity index (χ4v) is 3.26. The third-order valence-electron chi connectivity index (χ3n) is 5.45. The van der Waals surface area contributed by atoms with Crippen molar-refractivity contribution >= 4 is 5.97 Å². The zero-order chi connectivity index (χ0) is 22.0. The minimum atomic E-state index is -0.664. The van der Waals surface area contributed by atoms with E-state index in [1.54, 1.807) is 0 Å². The average Bonchev–Trinajstić information content (AvgIpc) is 2.72. The van der Waals surface area contributed by atoms with Gasteiger partial charge < -0.3 is 10.2 Å². The molecular formula is C26H52O3. The predicted molar refractivity (Wildman–Crippen MR) is 127 cm³/mol. The van der Waals surface area contributed by atoms with E-state index in [1.165, 1.54) is 89.9 Å². The van der Waals surface area contributed by atoms with Crippen molar-refractivity contribution in [2.24, 2.45) is 5.92 Å². The van der Waals surface area contributed by atoms with E-state index in [9.17, 15) is 4.79 Å². The van der Waals surface area contributed by atoms with Crippen LogP contribution in [-0.2, 0) is 4.79 Å². The monoisotopic (exact) mass is 412 g/mol. The summed E-state index contributed by atoms with van der Waals surface area (Å²) in [6, 6.07) is 0. The first kappa shape index (κ1) is 30.4. The first-order valence-electron chi connectivity index (χ1n) is 12.6. The highest BCUT2D eigenvalue weighted by Gasteiger charge is 2.01. The van der Waals surface area contributed by atoms with Crippen LogP contribution in [0.3, 0.4) is 0 Å². The Morgan fingerprint density at radius 3 is 1.66 bits per heavy atom. The van der Waals surface area contributed by atoms with Crippen LogP contribution in [0.5, 0.6) is 0 Å². The Bertz CT molecular complexity index is 335. The number of allylic oxidation sites excluding steroid dienone is 2. The van der Waals surface area contributed by atoms with Crippen molar-refractivity contribution in [2.45, 2.75) is 136 Å². The van der Waals surface area contributed by atoms with E-state index in [0.29, 0.717) is 18.9 Å². The summed E-state index contributed by atoms with van der Waals surface area (Å²) in [5.74, 6) is -0.104. The van der Waals surface area contributed by atoms with Gasteiger partial charge in [-0.25, -0.2) is 0 Å². The molecule has 1 unspecified atom stereocenters. The van der Waals surface area contributed by atoms with Crippen molar-refractivity contribution in [1.29, 1.82) is 0 Å². The van der Waals surface area contributed by atoms with Gasteiger partial charge >= 0.3 is 5.97 Å². The summed E-state index contributed by atoms with van der Waals surface area (Å²) in [5.41, 5.74) is 0. The molecular weight excluding hydrogens is 360 g/mol. The minimum absolute atomic E-state index is 0.332. The maximum atomic E-state index is 10.3. The Hall–Kier alpha value is -0.830. The molecule has 3 nitrogen and oxygen atoms in total. The third-order valence-corrected chi connectivity index (χ3v) is 5.45. The van der Waals surface area contributed by atoms with E-state index >= 15 is 0 Å². The number of carbonyl (C=O) groups is 1. The molecule has 1 atom stereocenters. The SMILES string of the molecule is CCCCC(CC)CO.CCCCCCCC/C=C\CCCCCCCC(=O)O. The van der Waals surface area contributed by atoms with Crippen molar-refractivity contribution < 1.29 is 15.0 Å². The molecule has 0 bridgehead atoms. The number of aliphatic hydroxyl groups is 1.